The molecule has 6 heteroatoms. The van der Waals surface area contributed by atoms with Crippen LogP contribution in [0.25, 0.3) is 0 Å². The summed E-state index contributed by atoms with van der Waals surface area (Å²) in [7, 11) is 1.50. The van der Waals surface area contributed by atoms with E-state index >= 15 is 0 Å². The van der Waals surface area contributed by atoms with E-state index in [0.717, 1.165) is 12.1 Å². The molecule has 1 atom stereocenters. The van der Waals surface area contributed by atoms with Crippen molar-refractivity contribution < 1.29 is 13.5 Å². The lowest BCUT2D eigenvalue weighted by molar-refractivity contribution is 0.414. The van der Waals surface area contributed by atoms with E-state index in [2.05, 4.69) is 0 Å². The molecule has 0 saturated carbocycles. The lowest BCUT2D eigenvalue weighted by atomic mass is 10.0. The number of alkyl halides is 1. The highest BCUT2D eigenvalue weighted by Crippen LogP contribution is 2.37. The van der Waals surface area contributed by atoms with Gasteiger partial charge in [-0.2, -0.15) is 0 Å². The zero-order valence-corrected chi connectivity index (χ0v) is 12.5. The van der Waals surface area contributed by atoms with Gasteiger partial charge in [-0.3, -0.25) is 0 Å². The average molecular weight is 338 g/mol. The fourth-order valence-electron chi connectivity index (χ4n) is 1.74. The molecular weight excluding hydrogens is 329 g/mol. The second kappa shape index (κ2) is 6.17. The predicted octanol–water partition coefficient (Wildman–Crippen LogP) is 5.61. The molecule has 0 aliphatic heterocycles. The number of hydrogen-bond acceptors (Lipinski definition) is 1. The van der Waals surface area contributed by atoms with E-state index in [0.29, 0.717) is 16.3 Å². The minimum absolute atomic E-state index is 0.0272. The third-order valence-electron chi connectivity index (χ3n) is 2.79. The molecule has 0 spiro atoms. The summed E-state index contributed by atoms with van der Waals surface area (Å²) in [5.74, 6) is -0.882. The maximum Gasteiger partial charge on any atom is 0.142 e. The molecule has 0 amide bonds. The quantitative estimate of drug-likeness (QED) is 0.522. The van der Waals surface area contributed by atoms with Gasteiger partial charge >= 0.3 is 0 Å². The summed E-state index contributed by atoms with van der Waals surface area (Å²) in [6.45, 7) is 0. The number of benzene rings is 2. The summed E-state index contributed by atoms with van der Waals surface area (Å²) in [4.78, 5) is 0. The summed E-state index contributed by atoms with van der Waals surface area (Å²) in [6, 6.07) is 6.65. The highest BCUT2D eigenvalue weighted by molar-refractivity contribution is 6.33. The van der Waals surface area contributed by atoms with E-state index < -0.39 is 17.0 Å². The molecular formula is C14H9Cl3F2O. The molecule has 0 fully saturated rings. The summed E-state index contributed by atoms with van der Waals surface area (Å²) in [5, 5.41) is -0.921. The molecule has 2 aromatic rings. The van der Waals surface area contributed by atoms with Crippen molar-refractivity contribution in [1.82, 2.24) is 0 Å². The Labute approximate surface area is 130 Å². The first-order valence-electron chi connectivity index (χ1n) is 5.56. The Bertz CT molecular complexity index is 647. The maximum absolute atomic E-state index is 13.8. The monoisotopic (exact) mass is 336 g/mol. The highest BCUT2D eigenvalue weighted by atomic mass is 35.5. The topological polar surface area (TPSA) is 9.23 Å². The molecule has 2 aromatic carbocycles. The molecule has 0 aliphatic rings. The van der Waals surface area contributed by atoms with Gasteiger partial charge in [-0.15, -0.1) is 11.6 Å². The van der Waals surface area contributed by atoms with Crippen LogP contribution in [0.5, 0.6) is 5.75 Å². The van der Waals surface area contributed by atoms with Gasteiger partial charge in [0, 0.05) is 10.6 Å². The first-order valence-corrected chi connectivity index (χ1v) is 6.75. The molecule has 0 N–H and O–H groups in total. The summed E-state index contributed by atoms with van der Waals surface area (Å²) in [5.41, 5.74) is 0.426. The molecule has 20 heavy (non-hydrogen) atoms. The SMILES string of the molecule is COc1ccc(C(Cl)c2cc(F)c(Cl)cc2F)c(Cl)c1. The van der Waals surface area contributed by atoms with Crippen LogP contribution >= 0.6 is 34.8 Å². The third kappa shape index (κ3) is 3.00. The second-order valence-electron chi connectivity index (χ2n) is 4.04. The van der Waals surface area contributed by atoms with Gasteiger partial charge in [0.05, 0.1) is 17.5 Å². The molecule has 2 rings (SSSR count). The first-order chi connectivity index (χ1) is 9.43. The third-order valence-corrected chi connectivity index (χ3v) is 3.88. The molecule has 0 aliphatic carbocycles. The summed E-state index contributed by atoms with van der Waals surface area (Å²) < 4.78 is 32.3. The Balaban J connectivity index is 2.46. The molecule has 1 unspecified atom stereocenters. The molecule has 0 saturated heterocycles. The van der Waals surface area contributed by atoms with E-state index in [4.69, 9.17) is 39.5 Å². The molecule has 0 bridgehead atoms. The lowest BCUT2D eigenvalue weighted by Gasteiger charge is -2.14. The van der Waals surface area contributed by atoms with Gasteiger partial charge in [0.2, 0.25) is 0 Å². The fourth-order valence-corrected chi connectivity index (χ4v) is 2.58. The van der Waals surface area contributed by atoms with Crippen molar-refractivity contribution in [2.75, 3.05) is 7.11 Å². The number of ether oxygens (including phenoxy) is 1. The van der Waals surface area contributed by atoms with Crippen LogP contribution in [0.3, 0.4) is 0 Å². The van der Waals surface area contributed by atoms with E-state index in [-0.39, 0.29) is 10.6 Å². The number of methoxy groups -OCH3 is 1. The van der Waals surface area contributed by atoms with Gasteiger partial charge < -0.3 is 4.74 Å². The maximum atomic E-state index is 13.8. The molecule has 0 heterocycles. The van der Waals surface area contributed by atoms with Crippen LogP contribution in [-0.2, 0) is 0 Å². The van der Waals surface area contributed by atoms with Crippen LogP contribution in [0.4, 0.5) is 8.78 Å². The van der Waals surface area contributed by atoms with Crippen molar-refractivity contribution in [3.8, 4) is 5.75 Å². The second-order valence-corrected chi connectivity index (χ2v) is 5.29. The zero-order chi connectivity index (χ0) is 14.9. The number of rotatable bonds is 3. The van der Waals surface area contributed by atoms with Gasteiger partial charge in [0.1, 0.15) is 17.4 Å². The van der Waals surface area contributed by atoms with Gasteiger partial charge in [0.15, 0.2) is 0 Å². The van der Waals surface area contributed by atoms with Crippen LogP contribution < -0.4 is 4.74 Å². The Morgan fingerprint density at radius 3 is 2.25 bits per heavy atom. The average Bonchev–Trinajstić information content (AvgIpc) is 2.42. The minimum atomic E-state index is -0.930. The van der Waals surface area contributed by atoms with Crippen molar-refractivity contribution in [3.63, 3.8) is 0 Å². The van der Waals surface area contributed by atoms with Crippen LogP contribution in [0.1, 0.15) is 16.5 Å². The van der Waals surface area contributed by atoms with Crippen molar-refractivity contribution in [2.45, 2.75) is 5.38 Å². The minimum Gasteiger partial charge on any atom is -0.497 e. The summed E-state index contributed by atoms with van der Waals surface area (Å²) in [6.07, 6.45) is 0. The van der Waals surface area contributed by atoms with Gasteiger partial charge in [-0.1, -0.05) is 29.3 Å². The zero-order valence-electron chi connectivity index (χ0n) is 10.3. The van der Waals surface area contributed by atoms with Crippen molar-refractivity contribution in [3.05, 3.63) is 63.1 Å². The van der Waals surface area contributed by atoms with Crippen LogP contribution in [-0.4, -0.2) is 7.11 Å². The van der Waals surface area contributed by atoms with E-state index in [1.165, 1.54) is 7.11 Å². The van der Waals surface area contributed by atoms with Gasteiger partial charge in [-0.25, -0.2) is 8.78 Å². The Kier molecular flexibility index (Phi) is 4.74. The van der Waals surface area contributed by atoms with Crippen molar-refractivity contribution >= 4 is 34.8 Å². The molecule has 1 nitrogen and oxygen atoms in total. The van der Waals surface area contributed by atoms with Crippen LogP contribution in [0.2, 0.25) is 10.0 Å². The van der Waals surface area contributed by atoms with Crippen molar-refractivity contribution in [2.24, 2.45) is 0 Å². The first kappa shape index (κ1) is 15.4. The van der Waals surface area contributed by atoms with E-state index in [1.54, 1.807) is 18.2 Å². The molecule has 106 valence electrons. The Morgan fingerprint density at radius 2 is 1.65 bits per heavy atom. The molecule has 0 radical (unpaired) electrons. The lowest BCUT2D eigenvalue weighted by Crippen LogP contribution is -2.00. The normalized spacial score (nSPS) is 12.3. The summed E-state index contributed by atoms with van der Waals surface area (Å²) >= 11 is 17.8. The largest absolute Gasteiger partial charge is 0.497 e. The van der Waals surface area contributed by atoms with Crippen LogP contribution in [0.15, 0.2) is 30.3 Å². The van der Waals surface area contributed by atoms with E-state index in [1.807, 2.05) is 0 Å². The predicted molar refractivity (Wildman–Crippen MR) is 77.1 cm³/mol. The fraction of sp³-hybridized carbons (Fsp3) is 0.143. The van der Waals surface area contributed by atoms with Crippen LogP contribution in [0, 0.1) is 11.6 Å². The van der Waals surface area contributed by atoms with Gasteiger partial charge in [0.25, 0.3) is 0 Å². The van der Waals surface area contributed by atoms with E-state index in [9.17, 15) is 8.78 Å². The highest BCUT2D eigenvalue weighted by Gasteiger charge is 2.20. The standard InChI is InChI=1S/C14H9Cl3F2O/c1-20-7-2-3-8(10(15)4-7)14(17)9-5-13(19)11(16)6-12(9)18/h2-6,14H,1H3. The number of hydrogen-bond donors (Lipinski definition) is 0. The van der Waals surface area contributed by atoms with Gasteiger partial charge in [-0.05, 0) is 29.8 Å². The van der Waals surface area contributed by atoms with Crippen molar-refractivity contribution in [1.29, 1.82) is 0 Å². The molecule has 0 aromatic heterocycles. The Morgan fingerprint density at radius 1 is 0.950 bits per heavy atom. The number of halogens is 5. The Hall–Kier alpha value is -1.03. The smallest absolute Gasteiger partial charge is 0.142 e.